The molecule has 1 aliphatic rings. The monoisotopic (exact) mass is 291 g/mol. The number of aromatic amines is 1. The van der Waals surface area contributed by atoms with Crippen molar-refractivity contribution in [1.82, 2.24) is 15.1 Å². The number of hydrogen-bond donors (Lipinski definition) is 1. The first kappa shape index (κ1) is 15.7. The van der Waals surface area contributed by atoms with E-state index in [0.717, 1.165) is 25.9 Å². The van der Waals surface area contributed by atoms with Crippen LogP contribution in [0.25, 0.3) is 0 Å². The molecule has 1 saturated heterocycles. The van der Waals surface area contributed by atoms with Crippen LogP contribution in [0.1, 0.15) is 60.6 Å². The van der Waals surface area contributed by atoms with E-state index in [4.69, 9.17) is 0 Å². The van der Waals surface area contributed by atoms with Gasteiger partial charge in [0, 0.05) is 13.1 Å². The van der Waals surface area contributed by atoms with Gasteiger partial charge in [-0.3, -0.25) is 9.59 Å². The van der Waals surface area contributed by atoms with Crippen LogP contribution in [0.3, 0.4) is 0 Å². The van der Waals surface area contributed by atoms with Crippen molar-refractivity contribution in [3.8, 4) is 0 Å². The lowest BCUT2D eigenvalue weighted by Crippen LogP contribution is -2.37. The predicted molar refractivity (Wildman–Crippen MR) is 82.5 cm³/mol. The minimum atomic E-state index is -0.377. The van der Waals surface area contributed by atoms with Gasteiger partial charge in [0.05, 0.1) is 5.69 Å². The molecule has 5 heteroatoms. The normalized spacial score (nSPS) is 19.4. The second kappa shape index (κ2) is 6.87. The van der Waals surface area contributed by atoms with E-state index in [-0.39, 0.29) is 17.0 Å². The van der Waals surface area contributed by atoms with Crippen molar-refractivity contribution in [1.29, 1.82) is 0 Å². The maximum absolute atomic E-state index is 12.7. The summed E-state index contributed by atoms with van der Waals surface area (Å²) in [6.07, 6.45) is 5.68. The second-order valence-corrected chi connectivity index (χ2v) is 6.02. The average Bonchev–Trinajstić information content (AvgIpc) is 2.69. The number of rotatable bonds is 3. The van der Waals surface area contributed by atoms with Gasteiger partial charge in [-0.15, -0.1) is 0 Å². The second-order valence-electron chi connectivity index (χ2n) is 6.02. The molecule has 1 amide bonds. The van der Waals surface area contributed by atoms with Gasteiger partial charge in [-0.05, 0) is 44.6 Å². The first-order valence-corrected chi connectivity index (χ1v) is 7.89. The number of aromatic nitrogens is 2. The molecule has 0 aliphatic carbocycles. The lowest BCUT2D eigenvalue weighted by atomic mass is 9.96. The Bertz CT molecular complexity index is 565. The van der Waals surface area contributed by atoms with E-state index in [1.807, 2.05) is 11.8 Å². The molecule has 0 aromatic carbocycles. The van der Waals surface area contributed by atoms with Gasteiger partial charge in [-0.25, -0.2) is 5.10 Å². The van der Waals surface area contributed by atoms with Crippen LogP contribution >= 0.6 is 0 Å². The molecule has 5 nitrogen and oxygen atoms in total. The van der Waals surface area contributed by atoms with Crippen LogP contribution in [0.5, 0.6) is 0 Å². The highest BCUT2D eigenvalue weighted by Gasteiger charge is 2.25. The fraction of sp³-hybridized carbons (Fsp3) is 0.688. The Morgan fingerprint density at radius 2 is 2.10 bits per heavy atom. The van der Waals surface area contributed by atoms with Gasteiger partial charge in [0.25, 0.3) is 11.5 Å². The zero-order valence-corrected chi connectivity index (χ0v) is 13.2. The number of H-pyrrole nitrogens is 1. The first-order chi connectivity index (χ1) is 10.0. The predicted octanol–water partition coefficient (Wildman–Crippen LogP) is 2.43. The molecule has 1 N–H and O–H groups in total. The van der Waals surface area contributed by atoms with Crippen molar-refractivity contribution in [2.24, 2.45) is 5.92 Å². The number of aryl methyl sites for hydroxylation is 1. The minimum absolute atomic E-state index is 0.142. The number of hydrogen-bond acceptors (Lipinski definition) is 3. The third-order valence-electron chi connectivity index (χ3n) is 4.52. The molecule has 2 heterocycles. The Morgan fingerprint density at radius 1 is 1.33 bits per heavy atom. The van der Waals surface area contributed by atoms with Crippen LogP contribution in [0.2, 0.25) is 0 Å². The summed E-state index contributed by atoms with van der Waals surface area (Å²) in [5.74, 6) is 0.572. The minimum Gasteiger partial charge on any atom is -0.338 e. The molecule has 1 unspecified atom stereocenters. The Labute approximate surface area is 125 Å². The van der Waals surface area contributed by atoms with E-state index < -0.39 is 0 Å². The fourth-order valence-electron chi connectivity index (χ4n) is 3.11. The Balaban J connectivity index is 2.17. The molecule has 1 fully saturated rings. The van der Waals surface area contributed by atoms with Gasteiger partial charge < -0.3 is 4.90 Å². The highest BCUT2D eigenvalue weighted by Crippen LogP contribution is 2.23. The molecule has 116 valence electrons. The molecule has 1 aromatic heterocycles. The quantitative estimate of drug-likeness (QED) is 0.930. The van der Waals surface area contributed by atoms with E-state index in [9.17, 15) is 9.59 Å². The van der Waals surface area contributed by atoms with E-state index >= 15 is 0 Å². The van der Waals surface area contributed by atoms with Crippen molar-refractivity contribution >= 4 is 5.91 Å². The lowest BCUT2D eigenvalue weighted by molar-refractivity contribution is 0.0757. The van der Waals surface area contributed by atoms with Gasteiger partial charge in [0.2, 0.25) is 0 Å². The summed E-state index contributed by atoms with van der Waals surface area (Å²) in [4.78, 5) is 26.5. The SMILES string of the molecule is CCCC1CCCN(C(=O)c2c(C)c(C)n[nH]c2=O)CC1. The topological polar surface area (TPSA) is 66.1 Å². The number of nitrogens with zero attached hydrogens (tertiary/aromatic N) is 2. The Hall–Kier alpha value is -1.65. The maximum atomic E-state index is 12.7. The van der Waals surface area contributed by atoms with Crippen molar-refractivity contribution in [3.05, 3.63) is 27.2 Å². The van der Waals surface area contributed by atoms with Crippen LogP contribution in [0.4, 0.5) is 0 Å². The third-order valence-corrected chi connectivity index (χ3v) is 4.52. The van der Waals surface area contributed by atoms with Crippen LogP contribution in [-0.2, 0) is 0 Å². The maximum Gasteiger partial charge on any atom is 0.277 e. The zero-order valence-electron chi connectivity index (χ0n) is 13.2. The molecule has 1 aliphatic heterocycles. The molecule has 1 aromatic rings. The van der Waals surface area contributed by atoms with Crippen LogP contribution in [0.15, 0.2) is 4.79 Å². The van der Waals surface area contributed by atoms with Gasteiger partial charge >= 0.3 is 0 Å². The average molecular weight is 291 g/mol. The van der Waals surface area contributed by atoms with E-state index in [1.54, 1.807) is 6.92 Å². The number of amides is 1. The van der Waals surface area contributed by atoms with Gasteiger partial charge in [0.15, 0.2) is 0 Å². The summed E-state index contributed by atoms with van der Waals surface area (Å²) >= 11 is 0. The summed E-state index contributed by atoms with van der Waals surface area (Å²) in [7, 11) is 0. The van der Waals surface area contributed by atoms with Crippen molar-refractivity contribution in [3.63, 3.8) is 0 Å². The molecule has 0 bridgehead atoms. The van der Waals surface area contributed by atoms with Crippen molar-refractivity contribution in [2.45, 2.75) is 52.9 Å². The molecule has 1 atom stereocenters. The Morgan fingerprint density at radius 3 is 2.81 bits per heavy atom. The molecule has 21 heavy (non-hydrogen) atoms. The first-order valence-electron chi connectivity index (χ1n) is 7.89. The summed E-state index contributed by atoms with van der Waals surface area (Å²) in [5, 5.41) is 6.33. The molecule has 2 rings (SSSR count). The molecule has 0 radical (unpaired) electrons. The largest absolute Gasteiger partial charge is 0.338 e. The van der Waals surface area contributed by atoms with E-state index in [0.29, 0.717) is 17.2 Å². The van der Waals surface area contributed by atoms with E-state index in [1.165, 1.54) is 19.3 Å². The van der Waals surface area contributed by atoms with Gasteiger partial charge in [0.1, 0.15) is 5.56 Å². The van der Waals surface area contributed by atoms with Crippen LogP contribution in [0, 0.1) is 19.8 Å². The number of carbonyl (C=O) groups is 1. The van der Waals surface area contributed by atoms with Crippen molar-refractivity contribution < 1.29 is 4.79 Å². The summed E-state index contributed by atoms with van der Waals surface area (Å²) in [6.45, 7) is 7.31. The van der Waals surface area contributed by atoms with Crippen molar-refractivity contribution in [2.75, 3.05) is 13.1 Å². The smallest absolute Gasteiger partial charge is 0.277 e. The summed E-state index contributed by atoms with van der Waals surface area (Å²) < 4.78 is 0. The molecular formula is C16H25N3O2. The van der Waals surface area contributed by atoms with Crippen LogP contribution in [-0.4, -0.2) is 34.1 Å². The third kappa shape index (κ3) is 3.52. The number of likely N-dealkylation sites (tertiary alicyclic amines) is 1. The molecule has 0 saturated carbocycles. The zero-order chi connectivity index (χ0) is 15.4. The highest BCUT2D eigenvalue weighted by molar-refractivity contribution is 5.95. The fourth-order valence-corrected chi connectivity index (χ4v) is 3.11. The highest BCUT2D eigenvalue weighted by atomic mass is 16.2. The Kier molecular flexibility index (Phi) is 5.15. The number of nitrogens with one attached hydrogen (secondary N) is 1. The van der Waals surface area contributed by atoms with Crippen LogP contribution < -0.4 is 5.56 Å². The van der Waals surface area contributed by atoms with E-state index in [2.05, 4.69) is 17.1 Å². The van der Waals surface area contributed by atoms with Gasteiger partial charge in [-0.1, -0.05) is 19.8 Å². The number of carbonyl (C=O) groups excluding carboxylic acids is 1. The molecular weight excluding hydrogens is 266 g/mol. The molecule has 0 spiro atoms. The standard InChI is InChI=1S/C16H25N3O2/c1-4-6-13-7-5-9-19(10-8-13)16(21)14-11(2)12(3)17-18-15(14)20/h13H,4-10H2,1-3H3,(H,18,20). The lowest BCUT2D eigenvalue weighted by Gasteiger charge is -2.21. The van der Waals surface area contributed by atoms with Gasteiger partial charge in [-0.2, -0.15) is 5.10 Å². The summed E-state index contributed by atoms with van der Waals surface area (Å²) in [5.41, 5.74) is 1.28. The summed E-state index contributed by atoms with van der Waals surface area (Å²) in [6, 6.07) is 0.